The van der Waals surface area contributed by atoms with Crippen LogP contribution in [0.2, 0.25) is 0 Å². The molecule has 28 heavy (non-hydrogen) atoms. The Kier molecular flexibility index (Phi) is 5.13. The second kappa shape index (κ2) is 7.87. The number of hydrogen-bond donors (Lipinski definition) is 0. The lowest BCUT2D eigenvalue weighted by Gasteiger charge is -2.21. The normalized spacial score (nSPS) is 15.1. The van der Waals surface area contributed by atoms with E-state index in [1.807, 2.05) is 91.0 Å². The average Bonchev–Trinajstić information content (AvgIpc) is 3.06. The summed E-state index contributed by atoms with van der Waals surface area (Å²) in [5, 5.41) is 0. The summed E-state index contributed by atoms with van der Waals surface area (Å²) in [6.07, 6.45) is 3.85. The first-order valence-electron chi connectivity index (χ1n) is 8.88. The largest absolute Gasteiger partial charge is 0.497 e. The number of carbonyl (C=O) groups excluding carboxylic acids is 1. The molecule has 0 unspecified atom stereocenters. The molecule has 0 fully saturated rings. The molecule has 3 aromatic rings. The fourth-order valence-corrected chi connectivity index (χ4v) is 3.43. The molecule has 1 heterocycles. The summed E-state index contributed by atoms with van der Waals surface area (Å²) in [5.41, 5.74) is 4.29. The van der Waals surface area contributed by atoms with Gasteiger partial charge in [0.15, 0.2) is 0 Å². The van der Waals surface area contributed by atoms with Crippen molar-refractivity contribution in [3.05, 3.63) is 106 Å². The van der Waals surface area contributed by atoms with Crippen LogP contribution in [0.1, 0.15) is 11.1 Å². The second-order valence-electron chi connectivity index (χ2n) is 6.39. The fraction of sp³-hybridized carbons (Fsp3) is 0.0417. The van der Waals surface area contributed by atoms with Crippen molar-refractivity contribution < 1.29 is 9.53 Å². The van der Waals surface area contributed by atoms with Crippen LogP contribution in [0.4, 0.5) is 5.69 Å². The zero-order chi connectivity index (χ0) is 19.5. The molecular weight excluding hydrogens is 414 g/mol. The Labute approximate surface area is 172 Å². The standard InChI is InChI=1S/C24H18BrNO2/c1-28-22-13-7-17(8-14-22)15-19-16-23(18-5-3-2-4-6-18)26(24(19)27)21-11-9-20(25)10-12-21/h2-16H,1H3. The minimum absolute atomic E-state index is 0.0445. The number of hydrogen-bond acceptors (Lipinski definition) is 2. The molecule has 1 amide bonds. The second-order valence-corrected chi connectivity index (χ2v) is 7.30. The summed E-state index contributed by atoms with van der Waals surface area (Å²) in [5.74, 6) is 0.744. The van der Waals surface area contributed by atoms with E-state index >= 15 is 0 Å². The van der Waals surface area contributed by atoms with Gasteiger partial charge in [0.25, 0.3) is 5.91 Å². The van der Waals surface area contributed by atoms with Gasteiger partial charge in [0.2, 0.25) is 0 Å². The fourth-order valence-electron chi connectivity index (χ4n) is 3.16. The number of rotatable bonds is 4. The number of methoxy groups -OCH3 is 1. The number of benzene rings is 3. The first-order chi connectivity index (χ1) is 13.7. The molecule has 0 aliphatic carbocycles. The van der Waals surface area contributed by atoms with E-state index in [9.17, 15) is 4.79 Å². The lowest BCUT2D eigenvalue weighted by Crippen LogP contribution is -2.24. The van der Waals surface area contributed by atoms with Crippen molar-refractivity contribution in [2.45, 2.75) is 0 Å². The highest BCUT2D eigenvalue weighted by Crippen LogP contribution is 2.35. The molecule has 1 aliphatic heterocycles. The van der Waals surface area contributed by atoms with E-state index in [1.165, 1.54) is 0 Å². The maximum Gasteiger partial charge on any atom is 0.262 e. The van der Waals surface area contributed by atoms with Crippen LogP contribution in [0.15, 0.2) is 95.0 Å². The molecule has 0 radical (unpaired) electrons. The Bertz CT molecular complexity index is 1050. The van der Waals surface area contributed by atoms with Crippen LogP contribution in [0.3, 0.4) is 0 Å². The number of carbonyl (C=O) groups is 1. The Morgan fingerprint density at radius 1 is 0.893 bits per heavy atom. The van der Waals surface area contributed by atoms with Crippen molar-refractivity contribution in [2.24, 2.45) is 0 Å². The molecule has 3 aromatic carbocycles. The minimum Gasteiger partial charge on any atom is -0.497 e. The van der Waals surface area contributed by atoms with Gasteiger partial charge in [0, 0.05) is 15.7 Å². The number of ether oxygens (including phenoxy) is 1. The Morgan fingerprint density at radius 2 is 1.57 bits per heavy atom. The maximum atomic E-state index is 13.3. The molecule has 0 saturated carbocycles. The maximum absolute atomic E-state index is 13.3. The highest BCUT2D eigenvalue weighted by atomic mass is 79.9. The Hall–Kier alpha value is -3.11. The van der Waals surface area contributed by atoms with Crippen LogP contribution in [0.5, 0.6) is 5.75 Å². The van der Waals surface area contributed by atoms with E-state index in [4.69, 9.17) is 4.74 Å². The van der Waals surface area contributed by atoms with Crippen molar-refractivity contribution in [1.29, 1.82) is 0 Å². The average molecular weight is 432 g/mol. The Balaban J connectivity index is 1.78. The smallest absolute Gasteiger partial charge is 0.262 e. The zero-order valence-electron chi connectivity index (χ0n) is 15.3. The monoisotopic (exact) mass is 431 g/mol. The van der Waals surface area contributed by atoms with Crippen molar-refractivity contribution in [2.75, 3.05) is 12.0 Å². The molecule has 0 aromatic heterocycles. The van der Waals surface area contributed by atoms with Crippen molar-refractivity contribution >= 4 is 39.3 Å². The lowest BCUT2D eigenvalue weighted by molar-refractivity contribution is -0.113. The third kappa shape index (κ3) is 3.64. The highest BCUT2D eigenvalue weighted by molar-refractivity contribution is 9.10. The van der Waals surface area contributed by atoms with E-state index in [0.717, 1.165) is 32.7 Å². The Morgan fingerprint density at radius 3 is 2.21 bits per heavy atom. The molecule has 0 atom stereocenters. The van der Waals surface area contributed by atoms with Crippen LogP contribution in [-0.4, -0.2) is 13.0 Å². The van der Waals surface area contributed by atoms with E-state index in [0.29, 0.717) is 5.57 Å². The summed E-state index contributed by atoms with van der Waals surface area (Å²) in [7, 11) is 1.64. The quantitative estimate of drug-likeness (QED) is 0.479. The van der Waals surface area contributed by atoms with Crippen LogP contribution < -0.4 is 9.64 Å². The number of anilines is 1. The molecule has 0 saturated heterocycles. The highest BCUT2D eigenvalue weighted by Gasteiger charge is 2.30. The predicted molar refractivity (Wildman–Crippen MR) is 117 cm³/mol. The summed E-state index contributed by atoms with van der Waals surface area (Å²) < 4.78 is 6.18. The molecule has 0 bridgehead atoms. The summed E-state index contributed by atoms with van der Waals surface area (Å²) >= 11 is 3.46. The van der Waals surface area contributed by atoms with Gasteiger partial charge < -0.3 is 4.74 Å². The first-order valence-corrected chi connectivity index (χ1v) is 9.68. The van der Waals surface area contributed by atoms with Crippen molar-refractivity contribution in [3.63, 3.8) is 0 Å². The van der Waals surface area contributed by atoms with E-state index in [-0.39, 0.29) is 5.91 Å². The first kappa shape index (κ1) is 18.3. The summed E-state index contributed by atoms with van der Waals surface area (Å²) in [4.78, 5) is 15.0. The molecule has 3 nitrogen and oxygen atoms in total. The summed E-state index contributed by atoms with van der Waals surface area (Å²) in [6, 6.07) is 25.4. The van der Waals surface area contributed by atoms with Gasteiger partial charge in [-0.1, -0.05) is 58.4 Å². The van der Waals surface area contributed by atoms with Crippen LogP contribution in [0, 0.1) is 0 Å². The van der Waals surface area contributed by atoms with E-state index in [1.54, 1.807) is 12.0 Å². The van der Waals surface area contributed by atoms with E-state index in [2.05, 4.69) is 15.9 Å². The van der Waals surface area contributed by atoms with Gasteiger partial charge in [-0.25, -0.2) is 0 Å². The third-order valence-corrected chi connectivity index (χ3v) is 5.10. The van der Waals surface area contributed by atoms with Crippen molar-refractivity contribution in [3.8, 4) is 5.75 Å². The van der Waals surface area contributed by atoms with Crippen molar-refractivity contribution in [1.82, 2.24) is 0 Å². The minimum atomic E-state index is -0.0445. The van der Waals surface area contributed by atoms with Crippen LogP contribution in [-0.2, 0) is 4.79 Å². The number of nitrogens with zero attached hydrogens (tertiary/aromatic N) is 1. The topological polar surface area (TPSA) is 29.5 Å². The van der Waals surface area contributed by atoms with Gasteiger partial charge in [-0.3, -0.25) is 9.69 Å². The van der Waals surface area contributed by atoms with Gasteiger partial charge in [-0.15, -0.1) is 0 Å². The molecule has 138 valence electrons. The molecule has 1 aliphatic rings. The third-order valence-electron chi connectivity index (χ3n) is 4.58. The van der Waals surface area contributed by atoms with Gasteiger partial charge in [0.1, 0.15) is 5.75 Å². The van der Waals surface area contributed by atoms with Gasteiger partial charge >= 0.3 is 0 Å². The molecule has 4 heteroatoms. The van der Waals surface area contributed by atoms with Gasteiger partial charge in [-0.05, 0) is 59.7 Å². The predicted octanol–water partition coefficient (Wildman–Crippen LogP) is 5.93. The van der Waals surface area contributed by atoms with Gasteiger partial charge in [0.05, 0.1) is 12.8 Å². The number of halogens is 1. The summed E-state index contributed by atoms with van der Waals surface area (Å²) in [6.45, 7) is 0. The number of amides is 1. The van der Waals surface area contributed by atoms with E-state index < -0.39 is 0 Å². The molecule has 4 rings (SSSR count). The molecule has 0 spiro atoms. The SMILES string of the molecule is COc1ccc(C=C2C=C(c3ccccc3)N(c3ccc(Br)cc3)C2=O)cc1. The van der Waals surface area contributed by atoms with Gasteiger partial charge in [-0.2, -0.15) is 0 Å². The lowest BCUT2D eigenvalue weighted by atomic mass is 10.1. The molecular formula is C24H18BrNO2. The molecule has 0 N–H and O–H groups in total. The van der Waals surface area contributed by atoms with Crippen LogP contribution >= 0.6 is 15.9 Å². The van der Waals surface area contributed by atoms with Crippen LogP contribution in [0.25, 0.3) is 11.8 Å². The zero-order valence-corrected chi connectivity index (χ0v) is 16.9.